The second-order valence-corrected chi connectivity index (χ2v) is 7.14. The molecule has 0 aromatic heterocycles. The number of benzene rings is 2. The maximum absolute atomic E-state index is 12.4. The zero-order chi connectivity index (χ0) is 19.8. The number of halogens is 2. The Morgan fingerprint density at radius 2 is 1.69 bits per heavy atom. The zero-order valence-electron chi connectivity index (χ0n) is 16.3. The molecule has 1 heterocycles. The minimum Gasteiger partial charge on any atom is -0.370 e. The lowest BCUT2D eigenvalue weighted by atomic mass is 10.1. The second-order valence-electron chi connectivity index (χ2n) is 6.71. The van der Waals surface area contributed by atoms with Crippen molar-refractivity contribution in [1.29, 1.82) is 0 Å². The van der Waals surface area contributed by atoms with Gasteiger partial charge in [-0.1, -0.05) is 41.9 Å². The van der Waals surface area contributed by atoms with Crippen LogP contribution in [0.1, 0.15) is 5.56 Å². The summed E-state index contributed by atoms with van der Waals surface area (Å²) < 4.78 is 0. The summed E-state index contributed by atoms with van der Waals surface area (Å²) in [4.78, 5) is 20.7. The van der Waals surface area contributed by atoms with Gasteiger partial charge in [-0.3, -0.25) is 4.79 Å². The summed E-state index contributed by atoms with van der Waals surface area (Å²) in [6.07, 6.45) is 0.859. The molecule has 156 valence electrons. The summed E-state index contributed by atoms with van der Waals surface area (Å²) in [6.45, 7) is 3.71. The number of anilines is 1. The van der Waals surface area contributed by atoms with Crippen molar-refractivity contribution in [3.8, 4) is 0 Å². The monoisotopic (exact) mass is 527 g/mol. The van der Waals surface area contributed by atoms with Crippen molar-refractivity contribution in [3.05, 3.63) is 65.2 Å². The second kappa shape index (κ2) is 11.9. The van der Waals surface area contributed by atoms with Gasteiger partial charge < -0.3 is 20.9 Å². The van der Waals surface area contributed by atoms with Gasteiger partial charge >= 0.3 is 0 Å². The molecule has 1 saturated heterocycles. The van der Waals surface area contributed by atoms with Crippen LogP contribution in [0.4, 0.5) is 5.69 Å². The third kappa shape index (κ3) is 7.40. The fourth-order valence-electron chi connectivity index (χ4n) is 3.15. The fraction of sp³-hybridized carbons (Fsp3) is 0.333. The third-order valence-electron chi connectivity index (χ3n) is 4.77. The molecule has 0 bridgehead atoms. The average Bonchev–Trinajstić information content (AvgIpc) is 2.73. The van der Waals surface area contributed by atoms with Crippen LogP contribution in [0.5, 0.6) is 0 Å². The highest BCUT2D eigenvalue weighted by atomic mass is 127. The van der Waals surface area contributed by atoms with E-state index in [-0.39, 0.29) is 36.4 Å². The van der Waals surface area contributed by atoms with Crippen molar-refractivity contribution in [2.45, 2.75) is 6.42 Å². The van der Waals surface area contributed by atoms with E-state index in [9.17, 15) is 4.79 Å². The van der Waals surface area contributed by atoms with Gasteiger partial charge in [-0.05, 0) is 36.2 Å². The molecule has 2 aromatic carbocycles. The molecule has 1 aliphatic rings. The first-order valence-corrected chi connectivity index (χ1v) is 9.85. The first kappa shape index (κ1) is 23.3. The van der Waals surface area contributed by atoms with Gasteiger partial charge in [0.05, 0.1) is 0 Å². The zero-order valence-corrected chi connectivity index (χ0v) is 19.3. The molecule has 8 heteroatoms. The predicted molar refractivity (Wildman–Crippen MR) is 130 cm³/mol. The van der Waals surface area contributed by atoms with Gasteiger partial charge in [0, 0.05) is 43.4 Å². The highest BCUT2D eigenvalue weighted by Gasteiger charge is 2.20. The van der Waals surface area contributed by atoms with Gasteiger partial charge in [0.1, 0.15) is 6.54 Å². The van der Waals surface area contributed by atoms with Gasteiger partial charge in [-0.2, -0.15) is 0 Å². The molecular formula is C21H27ClIN5O. The van der Waals surface area contributed by atoms with Crippen LogP contribution >= 0.6 is 35.6 Å². The van der Waals surface area contributed by atoms with Crippen molar-refractivity contribution in [2.24, 2.45) is 10.7 Å². The maximum Gasteiger partial charge on any atom is 0.244 e. The molecule has 29 heavy (non-hydrogen) atoms. The minimum atomic E-state index is 0. The van der Waals surface area contributed by atoms with Crippen molar-refractivity contribution >= 4 is 53.1 Å². The number of carbonyl (C=O) groups is 1. The molecular weight excluding hydrogens is 501 g/mol. The van der Waals surface area contributed by atoms with E-state index in [1.54, 1.807) is 0 Å². The molecule has 1 fully saturated rings. The topological polar surface area (TPSA) is 74.0 Å². The van der Waals surface area contributed by atoms with Crippen LogP contribution in [0.2, 0.25) is 5.02 Å². The number of hydrogen-bond donors (Lipinski definition) is 2. The van der Waals surface area contributed by atoms with Gasteiger partial charge in [-0.15, -0.1) is 24.0 Å². The Morgan fingerprint density at radius 1 is 1.03 bits per heavy atom. The molecule has 0 aliphatic carbocycles. The Bertz CT molecular complexity index is 792. The summed E-state index contributed by atoms with van der Waals surface area (Å²) in [7, 11) is 0. The van der Waals surface area contributed by atoms with E-state index in [1.807, 2.05) is 47.4 Å². The molecule has 2 aromatic rings. The molecule has 1 aliphatic heterocycles. The Balaban J connectivity index is 0.00000300. The fourth-order valence-corrected chi connectivity index (χ4v) is 3.28. The van der Waals surface area contributed by atoms with E-state index < -0.39 is 0 Å². The van der Waals surface area contributed by atoms with E-state index in [1.165, 1.54) is 5.56 Å². The molecule has 1 amide bonds. The number of nitrogens with two attached hydrogens (primary N) is 1. The number of hydrogen-bond acceptors (Lipinski definition) is 3. The lowest BCUT2D eigenvalue weighted by molar-refractivity contribution is -0.129. The first-order chi connectivity index (χ1) is 13.6. The molecule has 0 spiro atoms. The smallest absolute Gasteiger partial charge is 0.244 e. The average molecular weight is 528 g/mol. The summed E-state index contributed by atoms with van der Waals surface area (Å²) in [5.41, 5.74) is 8.24. The number of piperazine rings is 1. The van der Waals surface area contributed by atoms with Crippen LogP contribution in [-0.4, -0.2) is 56.0 Å². The van der Waals surface area contributed by atoms with Crippen LogP contribution in [0.25, 0.3) is 0 Å². The summed E-state index contributed by atoms with van der Waals surface area (Å²) in [5.74, 6) is 0.313. The highest BCUT2D eigenvalue weighted by molar-refractivity contribution is 14.0. The molecule has 6 nitrogen and oxygen atoms in total. The lowest BCUT2D eigenvalue weighted by Gasteiger charge is -2.36. The number of rotatable bonds is 6. The summed E-state index contributed by atoms with van der Waals surface area (Å²) in [6, 6.07) is 17.9. The van der Waals surface area contributed by atoms with E-state index in [4.69, 9.17) is 17.3 Å². The highest BCUT2D eigenvalue weighted by Crippen LogP contribution is 2.19. The standard InChI is InChI=1S/C21H26ClN5O.HI/c22-18-6-8-19(9-7-18)26-12-14-27(15-13-26)20(28)16-25-21(23)24-11-10-17-4-2-1-3-5-17;/h1-9H,10-16H2,(H3,23,24,25);1H. The Kier molecular flexibility index (Phi) is 9.53. The molecule has 0 unspecified atom stereocenters. The number of nitrogens with zero attached hydrogens (tertiary/aromatic N) is 3. The number of amides is 1. The van der Waals surface area contributed by atoms with Crippen molar-refractivity contribution in [2.75, 3.05) is 44.2 Å². The lowest BCUT2D eigenvalue weighted by Crippen LogP contribution is -2.49. The van der Waals surface area contributed by atoms with Crippen LogP contribution in [-0.2, 0) is 11.2 Å². The third-order valence-corrected chi connectivity index (χ3v) is 5.02. The van der Waals surface area contributed by atoms with Crippen LogP contribution in [0.3, 0.4) is 0 Å². The summed E-state index contributed by atoms with van der Waals surface area (Å²) >= 11 is 5.94. The molecule has 0 radical (unpaired) electrons. The summed E-state index contributed by atoms with van der Waals surface area (Å²) in [5, 5.41) is 3.79. The number of guanidine groups is 1. The molecule has 0 saturated carbocycles. The van der Waals surface area contributed by atoms with Crippen molar-refractivity contribution in [3.63, 3.8) is 0 Å². The van der Waals surface area contributed by atoms with Crippen molar-refractivity contribution in [1.82, 2.24) is 10.2 Å². The number of aliphatic imine (C=N–C) groups is 1. The largest absolute Gasteiger partial charge is 0.370 e. The van der Waals surface area contributed by atoms with Gasteiger partial charge in [0.15, 0.2) is 5.96 Å². The van der Waals surface area contributed by atoms with Gasteiger partial charge in [0.2, 0.25) is 5.91 Å². The quantitative estimate of drug-likeness (QED) is 0.344. The van der Waals surface area contributed by atoms with E-state index in [2.05, 4.69) is 27.3 Å². The van der Waals surface area contributed by atoms with Crippen LogP contribution < -0.4 is 16.0 Å². The SMILES string of the molecule is I.NC(=NCC(=O)N1CCN(c2ccc(Cl)cc2)CC1)NCCc1ccccc1. The van der Waals surface area contributed by atoms with E-state index >= 15 is 0 Å². The minimum absolute atomic E-state index is 0. The Morgan fingerprint density at radius 3 is 2.34 bits per heavy atom. The van der Waals surface area contributed by atoms with Crippen LogP contribution in [0.15, 0.2) is 59.6 Å². The number of carbonyl (C=O) groups excluding carboxylic acids is 1. The van der Waals surface area contributed by atoms with E-state index in [0.717, 1.165) is 30.2 Å². The maximum atomic E-state index is 12.4. The predicted octanol–water partition coefficient (Wildman–Crippen LogP) is 2.75. The molecule has 0 atom stereocenters. The molecule has 3 rings (SSSR count). The van der Waals surface area contributed by atoms with Crippen molar-refractivity contribution < 1.29 is 4.79 Å². The van der Waals surface area contributed by atoms with Crippen LogP contribution in [0, 0.1) is 0 Å². The Labute approximate surface area is 194 Å². The Hall–Kier alpha value is -2.00. The first-order valence-electron chi connectivity index (χ1n) is 9.48. The van der Waals surface area contributed by atoms with Gasteiger partial charge in [-0.25, -0.2) is 4.99 Å². The van der Waals surface area contributed by atoms with Gasteiger partial charge in [0.25, 0.3) is 0 Å². The van der Waals surface area contributed by atoms with E-state index in [0.29, 0.717) is 25.6 Å². The molecule has 3 N–H and O–H groups in total. The number of nitrogens with one attached hydrogen (secondary N) is 1. The normalized spacial score (nSPS) is 14.3.